The molecule has 0 saturated heterocycles. The van der Waals surface area contributed by atoms with Gasteiger partial charge in [-0.05, 0) is 18.9 Å². The van der Waals surface area contributed by atoms with Crippen LogP contribution in [0.25, 0.3) is 11.1 Å². The number of benzene rings is 1. The maximum absolute atomic E-state index is 6.05. The monoisotopic (exact) mass is 336 g/mol. The average Bonchev–Trinajstić information content (AvgIpc) is 2.81. The Labute approximate surface area is 128 Å². The molecule has 1 heterocycles. The molecular weight excluding hydrogens is 316 g/mol. The molecule has 0 atom stereocenters. The molecular formula is C16H21BrN2O. The van der Waals surface area contributed by atoms with Gasteiger partial charge in [-0.1, -0.05) is 66.0 Å². The van der Waals surface area contributed by atoms with Crippen molar-refractivity contribution >= 4 is 21.7 Å². The minimum atomic E-state index is 0.386. The van der Waals surface area contributed by atoms with Crippen LogP contribution in [0.5, 0.6) is 0 Å². The van der Waals surface area contributed by atoms with Crippen LogP contribution in [0.15, 0.2) is 33.3 Å². The first-order valence-corrected chi connectivity index (χ1v) is 7.98. The summed E-state index contributed by atoms with van der Waals surface area (Å²) in [4.78, 5) is 0. The zero-order valence-electron chi connectivity index (χ0n) is 12.0. The van der Waals surface area contributed by atoms with Gasteiger partial charge in [-0.25, -0.2) is 0 Å². The van der Waals surface area contributed by atoms with E-state index in [1.807, 2.05) is 24.3 Å². The SMILES string of the molecule is CCCC(CCC)c1onc(N)c1-c1ccccc1Br. The Morgan fingerprint density at radius 1 is 1.20 bits per heavy atom. The van der Waals surface area contributed by atoms with Crippen molar-refractivity contribution < 1.29 is 4.52 Å². The Morgan fingerprint density at radius 2 is 1.85 bits per heavy atom. The summed E-state index contributed by atoms with van der Waals surface area (Å²) in [5.41, 5.74) is 8.05. The highest BCUT2D eigenvalue weighted by Gasteiger charge is 2.24. The molecule has 0 aliphatic rings. The maximum Gasteiger partial charge on any atom is 0.175 e. The van der Waals surface area contributed by atoms with Crippen molar-refractivity contribution in [3.05, 3.63) is 34.5 Å². The van der Waals surface area contributed by atoms with Gasteiger partial charge in [-0.15, -0.1) is 0 Å². The molecule has 0 aliphatic carbocycles. The van der Waals surface area contributed by atoms with Crippen molar-refractivity contribution in [1.29, 1.82) is 0 Å². The Bertz CT molecular complexity index is 559. The second-order valence-corrected chi connectivity index (χ2v) is 5.92. The van der Waals surface area contributed by atoms with E-state index in [2.05, 4.69) is 34.9 Å². The van der Waals surface area contributed by atoms with Crippen LogP contribution >= 0.6 is 15.9 Å². The largest absolute Gasteiger partial charge is 0.380 e. The predicted molar refractivity (Wildman–Crippen MR) is 86.6 cm³/mol. The lowest BCUT2D eigenvalue weighted by atomic mass is 9.91. The van der Waals surface area contributed by atoms with Crippen LogP contribution < -0.4 is 5.73 Å². The molecule has 0 aliphatic heterocycles. The molecule has 3 nitrogen and oxygen atoms in total. The zero-order valence-corrected chi connectivity index (χ0v) is 13.6. The molecule has 20 heavy (non-hydrogen) atoms. The summed E-state index contributed by atoms with van der Waals surface area (Å²) >= 11 is 3.59. The molecule has 0 saturated carbocycles. The first kappa shape index (κ1) is 15.1. The van der Waals surface area contributed by atoms with Gasteiger partial charge in [0, 0.05) is 16.0 Å². The summed E-state index contributed by atoms with van der Waals surface area (Å²) in [5, 5.41) is 4.00. The fraction of sp³-hybridized carbons (Fsp3) is 0.438. The Hall–Kier alpha value is -1.29. The van der Waals surface area contributed by atoms with E-state index in [1.165, 1.54) is 0 Å². The first-order chi connectivity index (χ1) is 9.69. The van der Waals surface area contributed by atoms with Gasteiger partial charge < -0.3 is 10.3 Å². The Balaban J connectivity index is 2.48. The Morgan fingerprint density at radius 3 is 2.45 bits per heavy atom. The van der Waals surface area contributed by atoms with Gasteiger partial charge in [0.2, 0.25) is 0 Å². The lowest BCUT2D eigenvalue weighted by Crippen LogP contribution is -2.00. The summed E-state index contributed by atoms with van der Waals surface area (Å²) in [7, 11) is 0. The third kappa shape index (κ3) is 3.06. The van der Waals surface area contributed by atoms with Crippen molar-refractivity contribution in [2.75, 3.05) is 5.73 Å². The van der Waals surface area contributed by atoms with Crippen molar-refractivity contribution in [2.24, 2.45) is 0 Å². The van der Waals surface area contributed by atoms with Crippen molar-refractivity contribution in [1.82, 2.24) is 5.16 Å². The highest BCUT2D eigenvalue weighted by molar-refractivity contribution is 9.10. The minimum Gasteiger partial charge on any atom is -0.380 e. The van der Waals surface area contributed by atoms with E-state index in [0.717, 1.165) is 47.0 Å². The van der Waals surface area contributed by atoms with Crippen molar-refractivity contribution in [3.8, 4) is 11.1 Å². The molecule has 0 bridgehead atoms. The van der Waals surface area contributed by atoms with Gasteiger partial charge >= 0.3 is 0 Å². The normalized spacial score (nSPS) is 11.2. The number of nitrogens with zero attached hydrogens (tertiary/aromatic N) is 1. The molecule has 108 valence electrons. The van der Waals surface area contributed by atoms with Gasteiger partial charge in [0.15, 0.2) is 5.82 Å². The first-order valence-electron chi connectivity index (χ1n) is 7.18. The van der Waals surface area contributed by atoms with Crippen molar-refractivity contribution in [3.63, 3.8) is 0 Å². The number of hydrogen-bond acceptors (Lipinski definition) is 3. The Kier molecular flexibility index (Phi) is 5.24. The molecule has 0 spiro atoms. The van der Waals surface area contributed by atoms with Gasteiger partial charge in [-0.2, -0.15) is 0 Å². The topological polar surface area (TPSA) is 52.0 Å². The lowest BCUT2D eigenvalue weighted by Gasteiger charge is -2.14. The van der Waals surface area contributed by atoms with Gasteiger partial charge in [0.05, 0.1) is 5.56 Å². The number of nitrogen functional groups attached to an aromatic ring is 1. The van der Waals surface area contributed by atoms with Crippen LogP contribution in [0, 0.1) is 0 Å². The van der Waals surface area contributed by atoms with E-state index < -0.39 is 0 Å². The average molecular weight is 337 g/mol. The predicted octanol–water partition coefficient (Wildman–Crippen LogP) is 5.37. The van der Waals surface area contributed by atoms with E-state index in [0.29, 0.717) is 11.7 Å². The summed E-state index contributed by atoms with van der Waals surface area (Å²) in [5.74, 6) is 1.79. The van der Waals surface area contributed by atoms with Crippen LogP contribution in [-0.2, 0) is 0 Å². The molecule has 0 amide bonds. The highest BCUT2D eigenvalue weighted by Crippen LogP contribution is 2.40. The molecule has 1 aromatic heterocycles. The smallest absolute Gasteiger partial charge is 0.175 e. The van der Waals surface area contributed by atoms with Crippen LogP contribution in [0.2, 0.25) is 0 Å². The number of hydrogen-bond donors (Lipinski definition) is 1. The van der Waals surface area contributed by atoms with Gasteiger partial charge in [0.25, 0.3) is 0 Å². The van der Waals surface area contributed by atoms with Gasteiger partial charge in [0.1, 0.15) is 5.76 Å². The lowest BCUT2D eigenvalue weighted by molar-refractivity contribution is 0.346. The molecule has 0 radical (unpaired) electrons. The number of aromatic nitrogens is 1. The summed E-state index contributed by atoms with van der Waals surface area (Å²) < 4.78 is 6.59. The van der Waals surface area contributed by atoms with E-state index in [4.69, 9.17) is 10.3 Å². The number of anilines is 1. The quantitative estimate of drug-likeness (QED) is 0.771. The van der Waals surface area contributed by atoms with E-state index >= 15 is 0 Å². The number of rotatable bonds is 6. The summed E-state index contributed by atoms with van der Waals surface area (Å²) in [6, 6.07) is 8.06. The van der Waals surface area contributed by atoms with Crippen molar-refractivity contribution in [2.45, 2.75) is 45.4 Å². The molecule has 0 unspecified atom stereocenters. The highest BCUT2D eigenvalue weighted by atomic mass is 79.9. The van der Waals surface area contributed by atoms with E-state index in [1.54, 1.807) is 0 Å². The van der Waals surface area contributed by atoms with Crippen LogP contribution in [-0.4, -0.2) is 5.16 Å². The summed E-state index contributed by atoms with van der Waals surface area (Å²) in [6.45, 7) is 4.39. The van der Waals surface area contributed by atoms with Gasteiger partial charge in [-0.3, -0.25) is 0 Å². The molecule has 2 N–H and O–H groups in total. The fourth-order valence-electron chi connectivity index (χ4n) is 2.63. The molecule has 4 heteroatoms. The van der Waals surface area contributed by atoms with Crippen LogP contribution in [0.3, 0.4) is 0 Å². The summed E-state index contributed by atoms with van der Waals surface area (Å²) in [6.07, 6.45) is 4.45. The second-order valence-electron chi connectivity index (χ2n) is 5.06. The van der Waals surface area contributed by atoms with Crippen LogP contribution in [0.1, 0.15) is 51.2 Å². The third-order valence-electron chi connectivity index (χ3n) is 3.53. The van der Waals surface area contributed by atoms with E-state index in [-0.39, 0.29) is 0 Å². The van der Waals surface area contributed by atoms with Crippen LogP contribution in [0.4, 0.5) is 5.82 Å². The standard InChI is InChI=1S/C16H21BrN2O/c1-3-7-11(8-4-2)15-14(16(18)19-20-15)12-9-5-6-10-13(12)17/h5-6,9-11H,3-4,7-8H2,1-2H3,(H2,18,19). The molecule has 2 rings (SSSR count). The number of halogens is 1. The molecule has 0 fully saturated rings. The van der Waals surface area contributed by atoms with E-state index in [9.17, 15) is 0 Å². The maximum atomic E-state index is 6.05. The second kappa shape index (κ2) is 6.93. The third-order valence-corrected chi connectivity index (χ3v) is 4.22. The minimum absolute atomic E-state index is 0.386. The molecule has 2 aromatic rings. The number of nitrogens with two attached hydrogens (primary N) is 1. The zero-order chi connectivity index (χ0) is 14.5. The molecule has 1 aromatic carbocycles. The fourth-order valence-corrected chi connectivity index (χ4v) is 3.12.